The first-order chi connectivity index (χ1) is 9.18. The molecular formula is C14H19NO4. The fourth-order valence-electron chi connectivity index (χ4n) is 3.18. The average Bonchev–Trinajstić information content (AvgIpc) is 2.94. The Morgan fingerprint density at radius 1 is 1.37 bits per heavy atom. The van der Waals surface area contributed by atoms with Gasteiger partial charge >= 0.3 is 5.97 Å². The molecule has 1 saturated carbocycles. The summed E-state index contributed by atoms with van der Waals surface area (Å²) >= 11 is 0. The SMILES string of the molecule is O=C(ON1C(=O)CCC1O)C1C2C=CCCCCC21. The van der Waals surface area contributed by atoms with Crippen molar-refractivity contribution in [1.29, 1.82) is 0 Å². The van der Waals surface area contributed by atoms with Gasteiger partial charge in [0, 0.05) is 12.8 Å². The second-order valence-electron chi connectivity index (χ2n) is 5.63. The molecule has 4 unspecified atom stereocenters. The number of rotatable bonds is 2. The van der Waals surface area contributed by atoms with Crippen LogP contribution in [0, 0.1) is 17.8 Å². The van der Waals surface area contributed by atoms with Crippen LogP contribution in [0.25, 0.3) is 0 Å². The summed E-state index contributed by atoms with van der Waals surface area (Å²) in [5.74, 6) is -0.179. The van der Waals surface area contributed by atoms with Crippen molar-refractivity contribution in [1.82, 2.24) is 5.06 Å². The second-order valence-corrected chi connectivity index (χ2v) is 5.63. The van der Waals surface area contributed by atoms with E-state index in [1.165, 1.54) is 6.42 Å². The molecule has 2 fully saturated rings. The lowest BCUT2D eigenvalue weighted by Crippen LogP contribution is -2.35. The predicted octanol–water partition coefficient (Wildman–Crippen LogP) is 1.38. The number of allylic oxidation sites excluding steroid dienone is 2. The molecule has 1 heterocycles. The lowest BCUT2D eigenvalue weighted by atomic mass is 10.1. The van der Waals surface area contributed by atoms with E-state index in [9.17, 15) is 14.7 Å². The third kappa shape index (κ3) is 2.39. The minimum Gasteiger partial charge on any atom is -0.370 e. The molecule has 1 saturated heterocycles. The normalized spacial score (nSPS) is 37.5. The molecule has 4 atom stereocenters. The van der Waals surface area contributed by atoms with Crippen LogP contribution in [0.15, 0.2) is 12.2 Å². The first-order valence-electron chi connectivity index (χ1n) is 7.07. The number of nitrogens with zero attached hydrogens (tertiary/aromatic N) is 1. The van der Waals surface area contributed by atoms with Gasteiger partial charge in [-0.3, -0.25) is 4.79 Å². The van der Waals surface area contributed by atoms with Crippen molar-refractivity contribution >= 4 is 11.9 Å². The van der Waals surface area contributed by atoms with Crippen LogP contribution in [0.1, 0.15) is 38.5 Å². The Hall–Kier alpha value is -1.36. The minimum atomic E-state index is -0.974. The van der Waals surface area contributed by atoms with Gasteiger partial charge < -0.3 is 9.94 Å². The molecule has 19 heavy (non-hydrogen) atoms. The summed E-state index contributed by atoms with van der Waals surface area (Å²) in [6.07, 6.45) is 8.29. The van der Waals surface area contributed by atoms with Crippen LogP contribution in [0.5, 0.6) is 0 Å². The number of amides is 1. The average molecular weight is 265 g/mol. The molecular weight excluding hydrogens is 246 g/mol. The molecule has 0 aromatic heterocycles. The van der Waals surface area contributed by atoms with Gasteiger partial charge in [0.2, 0.25) is 0 Å². The summed E-state index contributed by atoms with van der Waals surface area (Å²) in [4.78, 5) is 28.6. The molecule has 1 amide bonds. The Kier molecular flexibility index (Phi) is 3.31. The van der Waals surface area contributed by atoms with Crippen molar-refractivity contribution in [3.05, 3.63) is 12.2 Å². The highest BCUT2D eigenvalue weighted by atomic mass is 16.7. The molecule has 0 spiro atoms. The Morgan fingerprint density at radius 2 is 2.21 bits per heavy atom. The maximum atomic E-state index is 12.1. The minimum absolute atomic E-state index is 0.130. The maximum absolute atomic E-state index is 12.1. The van der Waals surface area contributed by atoms with Gasteiger partial charge in [0.1, 0.15) is 0 Å². The third-order valence-electron chi connectivity index (χ3n) is 4.34. The lowest BCUT2D eigenvalue weighted by Gasteiger charge is -2.18. The van der Waals surface area contributed by atoms with E-state index in [2.05, 4.69) is 12.2 Å². The highest BCUT2D eigenvalue weighted by Crippen LogP contribution is 2.52. The lowest BCUT2D eigenvalue weighted by molar-refractivity contribution is -0.222. The largest absolute Gasteiger partial charge is 0.370 e. The third-order valence-corrected chi connectivity index (χ3v) is 4.34. The fourth-order valence-corrected chi connectivity index (χ4v) is 3.18. The number of hydroxylamine groups is 2. The number of carbonyl (C=O) groups excluding carboxylic acids is 2. The Labute approximate surface area is 112 Å². The van der Waals surface area contributed by atoms with E-state index >= 15 is 0 Å². The summed E-state index contributed by atoms with van der Waals surface area (Å²) in [6, 6.07) is 0. The quantitative estimate of drug-likeness (QED) is 0.766. The standard InChI is InChI=1S/C14H19NO4/c16-11-7-8-12(17)15(11)19-14(18)13-9-5-3-1-2-4-6-10(9)13/h3,5,9-11,13,16H,1-2,4,6-8H2. The molecule has 3 rings (SSSR count). The first-order valence-corrected chi connectivity index (χ1v) is 7.07. The molecule has 0 radical (unpaired) electrons. The van der Waals surface area contributed by atoms with Crippen molar-refractivity contribution in [2.24, 2.45) is 17.8 Å². The topological polar surface area (TPSA) is 66.8 Å². The van der Waals surface area contributed by atoms with Gasteiger partial charge in [-0.05, 0) is 31.1 Å². The summed E-state index contributed by atoms with van der Waals surface area (Å²) < 4.78 is 0. The van der Waals surface area contributed by atoms with Crippen molar-refractivity contribution in [2.75, 3.05) is 0 Å². The number of fused-ring (bicyclic) bond motifs is 1. The molecule has 2 aliphatic carbocycles. The number of hydrogen-bond donors (Lipinski definition) is 1. The van der Waals surface area contributed by atoms with E-state index in [1.807, 2.05) is 0 Å². The van der Waals surface area contributed by atoms with Gasteiger partial charge in [-0.2, -0.15) is 0 Å². The van der Waals surface area contributed by atoms with E-state index < -0.39 is 6.23 Å². The summed E-state index contributed by atoms with van der Waals surface area (Å²) in [5, 5.41) is 10.4. The van der Waals surface area contributed by atoms with Crippen LogP contribution in [-0.4, -0.2) is 28.3 Å². The smallest absolute Gasteiger partial charge is 0.336 e. The van der Waals surface area contributed by atoms with E-state index in [1.54, 1.807) is 0 Å². The number of aliphatic hydroxyl groups excluding tert-OH is 1. The van der Waals surface area contributed by atoms with Gasteiger partial charge in [-0.15, -0.1) is 5.06 Å². The molecule has 1 aliphatic heterocycles. The molecule has 0 aromatic rings. The summed E-state index contributed by atoms with van der Waals surface area (Å²) in [7, 11) is 0. The number of hydrogen-bond acceptors (Lipinski definition) is 4. The maximum Gasteiger partial charge on any atom is 0.336 e. The molecule has 5 heteroatoms. The highest BCUT2D eigenvalue weighted by molar-refractivity contribution is 5.82. The van der Waals surface area contributed by atoms with Crippen molar-refractivity contribution in [2.45, 2.75) is 44.8 Å². The van der Waals surface area contributed by atoms with Crippen molar-refractivity contribution in [3.63, 3.8) is 0 Å². The van der Waals surface area contributed by atoms with Crippen LogP contribution < -0.4 is 0 Å². The van der Waals surface area contributed by atoms with Gasteiger partial charge in [-0.25, -0.2) is 4.79 Å². The van der Waals surface area contributed by atoms with E-state index in [-0.39, 0.29) is 30.1 Å². The zero-order valence-electron chi connectivity index (χ0n) is 10.8. The van der Waals surface area contributed by atoms with E-state index in [0.717, 1.165) is 24.3 Å². The fraction of sp³-hybridized carbons (Fsp3) is 0.714. The molecule has 0 aromatic carbocycles. The summed E-state index contributed by atoms with van der Waals surface area (Å²) in [5.41, 5.74) is 0. The number of aliphatic hydroxyl groups is 1. The summed E-state index contributed by atoms with van der Waals surface area (Å²) in [6.45, 7) is 0. The van der Waals surface area contributed by atoms with Crippen LogP contribution in [0.2, 0.25) is 0 Å². The monoisotopic (exact) mass is 265 g/mol. The zero-order chi connectivity index (χ0) is 13.4. The van der Waals surface area contributed by atoms with E-state index in [0.29, 0.717) is 12.3 Å². The Bertz CT molecular complexity index is 420. The van der Waals surface area contributed by atoms with E-state index in [4.69, 9.17) is 4.84 Å². The van der Waals surface area contributed by atoms with Crippen molar-refractivity contribution < 1.29 is 19.5 Å². The van der Waals surface area contributed by atoms with Gasteiger partial charge in [-0.1, -0.05) is 18.6 Å². The molecule has 5 nitrogen and oxygen atoms in total. The Balaban J connectivity index is 1.61. The zero-order valence-corrected chi connectivity index (χ0v) is 10.8. The molecule has 3 aliphatic rings. The van der Waals surface area contributed by atoms with Crippen LogP contribution in [0.4, 0.5) is 0 Å². The van der Waals surface area contributed by atoms with Crippen LogP contribution in [-0.2, 0) is 14.4 Å². The van der Waals surface area contributed by atoms with Crippen molar-refractivity contribution in [3.8, 4) is 0 Å². The first kappa shape index (κ1) is 12.7. The van der Waals surface area contributed by atoms with Gasteiger partial charge in [0.25, 0.3) is 5.91 Å². The van der Waals surface area contributed by atoms with Crippen LogP contribution in [0.3, 0.4) is 0 Å². The number of carbonyl (C=O) groups is 2. The Morgan fingerprint density at radius 3 is 2.95 bits per heavy atom. The van der Waals surface area contributed by atoms with Gasteiger partial charge in [0.05, 0.1) is 5.92 Å². The molecule has 104 valence electrons. The van der Waals surface area contributed by atoms with Crippen LogP contribution >= 0.6 is 0 Å². The molecule has 1 N–H and O–H groups in total. The second kappa shape index (κ2) is 4.96. The molecule has 0 bridgehead atoms. The van der Waals surface area contributed by atoms with Gasteiger partial charge in [0.15, 0.2) is 6.23 Å². The highest BCUT2D eigenvalue weighted by Gasteiger charge is 2.54. The predicted molar refractivity (Wildman–Crippen MR) is 66.3 cm³/mol.